The van der Waals surface area contributed by atoms with Crippen molar-refractivity contribution in [2.45, 2.75) is 13.0 Å². The van der Waals surface area contributed by atoms with Crippen LogP contribution in [0.4, 0.5) is 0 Å². The number of nitrogens with zero attached hydrogens (tertiary/aromatic N) is 1. The third kappa shape index (κ3) is 3.08. The number of nitrogens with one attached hydrogen (secondary N) is 1. The number of rotatable bonds is 2. The van der Waals surface area contributed by atoms with E-state index in [1.54, 1.807) is 29.2 Å². The summed E-state index contributed by atoms with van der Waals surface area (Å²) < 4.78 is 0. The van der Waals surface area contributed by atoms with Gasteiger partial charge in [-0.3, -0.25) is 9.59 Å². The van der Waals surface area contributed by atoms with Gasteiger partial charge in [0.15, 0.2) is 0 Å². The summed E-state index contributed by atoms with van der Waals surface area (Å²) in [5, 5.41) is 3.43. The average Bonchev–Trinajstić information content (AvgIpc) is 2.56. The molecule has 1 heterocycles. The van der Waals surface area contributed by atoms with Crippen molar-refractivity contribution >= 4 is 23.4 Å². The van der Waals surface area contributed by atoms with E-state index in [2.05, 4.69) is 5.32 Å². The van der Waals surface area contributed by atoms with Crippen LogP contribution < -0.4 is 5.32 Å². The van der Waals surface area contributed by atoms with Crippen LogP contribution in [0.1, 0.15) is 27.5 Å². The Kier molecular flexibility index (Phi) is 4.35. The molecule has 3 rings (SSSR count). The largest absolute Gasteiger partial charge is 0.352 e. The highest BCUT2D eigenvalue weighted by atomic mass is 35.5. The number of hydrogen-bond donors (Lipinski definition) is 1. The van der Waals surface area contributed by atoms with E-state index in [4.69, 9.17) is 11.6 Å². The molecule has 1 aliphatic rings. The molecule has 0 aliphatic carbocycles. The Morgan fingerprint density at radius 1 is 1.17 bits per heavy atom. The topological polar surface area (TPSA) is 49.4 Å². The van der Waals surface area contributed by atoms with Gasteiger partial charge in [0.2, 0.25) is 5.91 Å². The first kappa shape index (κ1) is 15.6. The molecule has 2 amide bonds. The predicted octanol–water partition coefficient (Wildman–Crippen LogP) is 2.96. The molecule has 1 saturated heterocycles. The van der Waals surface area contributed by atoms with Crippen LogP contribution in [0.15, 0.2) is 48.5 Å². The Morgan fingerprint density at radius 2 is 1.87 bits per heavy atom. The van der Waals surface area contributed by atoms with Gasteiger partial charge < -0.3 is 10.2 Å². The molecule has 23 heavy (non-hydrogen) atoms. The van der Waals surface area contributed by atoms with E-state index in [0.29, 0.717) is 23.7 Å². The molecule has 1 N–H and O–H groups in total. The molecule has 0 spiro atoms. The summed E-state index contributed by atoms with van der Waals surface area (Å²) >= 11 is 5.88. The second-order valence-corrected chi connectivity index (χ2v) is 5.99. The van der Waals surface area contributed by atoms with Gasteiger partial charge in [0.1, 0.15) is 6.04 Å². The Morgan fingerprint density at radius 3 is 2.57 bits per heavy atom. The third-order valence-corrected chi connectivity index (χ3v) is 4.30. The standard InChI is InChI=1S/C18H17ClN2O2/c1-12-4-2-3-5-15(12)16-17(22)20-10-11-21(16)18(23)13-6-8-14(19)9-7-13/h2-9,16H,10-11H2,1H3,(H,20,22). The smallest absolute Gasteiger partial charge is 0.254 e. The van der Waals surface area contributed by atoms with E-state index in [1.807, 2.05) is 31.2 Å². The van der Waals surface area contributed by atoms with E-state index in [9.17, 15) is 9.59 Å². The van der Waals surface area contributed by atoms with E-state index in [1.165, 1.54) is 0 Å². The minimum Gasteiger partial charge on any atom is -0.352 e. The van der Waals surface area contributed by atoms with Crippen LogP contribution >= 0.6 is 11.6 Å². The molecule has 0 bridgehead atoms. The molecule has 1 fully saturated rings. The Bertz CT molecular complexity index is 743. The summed E-state index contributed by atoms with van der Waals surface area (Å²) in [7, 11) is 0. The molecule has 2 aromatic carbocycles. The van der Waals surface area contributed by atoms with Crippen LogP contribution in [0.3, 0.4) is 0 Å². The van der Waals surface area contributed by atoms with E-state index in [-0.39, 0.29) is 11.8 Å². The lowest BCUT2D eigenvalue weighted by Crippen LogP contribution is -2.52. The van der Waals surface area contributed by atoms with Gasteiger partial charge in [0.05, 0.1) is 0 Å². The van der Waals surface area contributed by atoms with Gasteiger partial charge >= 0.3 is 0 Å². The highest BCUT2D eigenvalue weighted by Crippen LogP contribution is 2.27. The number of hydrogen-bond acceptors (Lipinski definition) is 2. The van der Waals surface area contributed by atoms with Gasteiger partial charge in [-0.2, -0.15) is 0 Å². The number of piperazine rings is 1. The maximum absolute atomic E-state index is 12.9. The molecule has 1 atom stereocenters. The number of aryl methyl sites for hydroxylation is 1. The lowest BCUT2D eigenvalue weighted by atomic mass is 9.97. The number of carbonyl (C=O) groups is 2. The van der Waals surface area contributed by atoms with Gasteiger partial charge in [0.25, 0.3) is 5.91 Å². The molecule has 1 unspecified atom stereocenters. The van der Waals surface area contributed by atoms with Crippen LogP contribution in [-0.2, 0) is 4.79 Å². The summed E-state index contributed by atoms with van der Waals surface area (Å²) in [5.74, 6) is -0.308. The molecule has 118 valence electrons. The Balaban J connectivity index is 1.98. The molecule has 0 radical (unpaired) electrons. The van der Waals surface area contributed by atoms with Crippen molar-refractivity contribution in [3.8, 4) is 0 Å². The maximum atomic E-state index is 12.9. The fraction of sp³-hybridized carbons (Fsp3) is 0.222. The summed E-state index contributed by atoms with van der Waals surface area (Å²) in [6.45, 7) is 2.88. The molecule has 5 heteroatoms. The van der Waals surface area contributed by atoms with Crippen molar-refractivity contribution in [1.29, 1.82) is 0 Å². The fourth-order valence-corrected chi connectivity index (χ4v) is 2.97. The second-order valence-electron chi connectivity index (χ2n) is 5.56. The summed E-state index contributed by atoms with van der Waals surface area (Å²) in [6, 6.07) is 13.8. The molecule has 0 aromatic heterocycles. The fourth-order valence-electron chi connectivity index (χ4n) is 2.85. The van der Waals surface area contributed by atoms with Crippen LogP contribution in [-0.4, -0.2) is 29.8 Å². The average molecular weight is 329 g/mol. The first-order valence-corrected chi connectivity index (χ1v) is 7.85. The van der Waals surface area contributed by atoms with Crippen molar-refractivity contribution in [1.82, 2.24) is 10.2 Å². The Labute approximate surface area is 140 Å². The molecular formula is C18H17ClN2O2. The second kappa shape index (κ2) is 6.42. The SMILES string of the molecule is Cc1ccccc1C1C(=O)NCCN1C(=O)c1ccc(Cl)cc1. The van der Waals surface area contributed by atoms with Gasteiger partial charge in [-0.1, -0.05) is 35.9 Å². The normalized spacial score (nSPS) is 17.7. The van der Waals surface area contributed by atoms with E-state index >= 15 is 0 Å². The van der Waals surface area contributed by atoms with Crippen molar-refractivity contribution in [3.63, 3.8) is 0 Å². The van der Waals surface area contributed by atoms with E-state index < -0.39 is 6.04 Å². The number of amides is 2. The lowest BCUT2D eigenvalue weighted by Gasteiger charge is -2.36. The van der Waals surface area contributed by atoms with E-state index in [0.717, 1.165) is 11.1 Å². The first-order valence-electron chi connectivity index (χ1n) is 7.47. The molecule has 0 saturated carbocycles. The number of benzene rings is 2. The molecule has 1 aliphatic heterocycles. The van der Waals surface area contributed by atoms with Gasteiger partial charge in [-0.05, 0) is 42.3 Å². The number of halogens is 1. The maximum Gasteiger partial charge on any atom is 0.254 e. The van der Waals surface area contributed by atoms with Gasteiger partial charge in [-0.25, -0.2) is 0 Å². The molecular weight excluding hydrogens is 312 g/mol. The molecule has 4 nitrogen and oxygen atoms in total. The van der Waals surface area contributed by atoms with Crippen LogP contribution in [0.5, 0.6) is 0 Å². The van der Waals surface area contributed by atoms with Crippen molar-refractivity contribution in [3.05, 3.63) is 70.2 Å². The lowest BCUT2D eigenvalue weighted by molar-refractivity contribution is -0.128. The zero-order chi connectivity index (χ0) is 16.4. The quantitative estimate of drug-likeness (QED) is 0.921. The van der Waals surface area contributed by atoms with Gasteiger partial charge in [0, 0.05) is 23.7 Å². The van der Waals surface area contributed by atoms with Crippen LogP contribution in [0.2, 0.25) is 5.02 Å². The summed E-state index contributed by atoms with van der Waals surface area (Å²) in [4.78, 5) is 26.9. The zero-order valence-corrected chi connectivity index (χ0v) is 13.5. The minimum absolute atomic E-state index is 0.145. The van der Waals surface area contributed by atoms with Crippen molar-refractivity contribution < 1.29 is 9.59 Å². The van der Waals surface area contributed by atoms with Gasteiger partial charge in [-0.15, -0.1) is 0 Å². The predicted molar refractivity (Wildman–Crippen MR) is 89.4 cm³/mol. The highest BCUT2D eigenvalue weighted by Gasteiger charge is 2.35. The Hall–Kier alpha value is -2.33. The summed E-state index contributed by atoms with van der Waals surface area (Å²) in [5.41, 5.74) is 2.37. The van der Waals surface area contributed by atoms with Crippen molar-refractivity contribution in [2.75, 3.05) is 13.1 Å². The first-order chi connectivity index (χ1) is 11.1. The minimum atomic E-state index is -0.604. The third-order valence-electron chi connectivity index (χ3n) is 4.05. The van der Waals surface area contributed by atoms with Crippen LogP contribution in [0.25, 0.3) is 0 Å². The van der Waals surface area contributed by atoms with Crippen LogP contribution in [0, 0.1) is 6.92 Å². The highest BCUT2D eigenvalue weighted by molar-refractivity contribution is 6.30. The van der Waals surface area contributed by atoms with Crippen molar-refractivity contribution in [2.24, 2.45) is 0 Å². The monoisotopic (exact) mass is 328 g/mol. The zero-order valence-electron chi connectivity index (χ0n) is 12.8. The summed E-state index contributed by atoms with van der Waals surface area (Å²) in [6.07, 6.45) is 0. The number of carbonyl (C=O) groups excluding carboxylic acids is 2. The molecule has 2 aromatic rings.